The minimum atomic E-state index is -4.61. The Balaban J connectivity index is 2.54. The summed E-state index contributed by atoms with van der Waals surface area (Å²) in [6.07, 6.45) is -4.61. The van der Waals surface area contributed by atoms with Gasteiger partial charge in [-0.2, -0.15) is 13.2 Å². The predicted octanol–water partition coefficient (Wildman–Crippen LogP) is 3.95. The van der Waals surface area contributed by atoms with E-state index in [0.29, 0.717) is 5.75 Å². The molecule has 0 amide bonds. The van der Waals surface area contributed by atoms with Gasteiger partial charge in [0.05, 0.1) is 25.3 Å². The molecule has 0 N–H and O–H groups in total. The van der Waals surface area contributed by atoms with E-state index in [2.05, 4.69) is 0 Å². The number of hydrogen-bond acceptors (Lipinski definition) is 3. The number of hydrogen-bond donors (Lipinski definition) is 0. The molecule has 0 aliphatic rings. The molecule has 6 heteroatoms. The van der Waals surface area contributed by atoms with Crippen LogP contribution in [0.5, 0.6) is 11.5 Å². The van der Waals surface area contributed by atoms with Crippen LogP contribution in [-0.4, -0.2) is 20.0 Å². The van der Waals surface area contributed by atoms with E-state index in [1.54, 1.807) is 0 Å². The molecule has 22 heavy (non-hydrogen) atoms. The summed E-state index contributed by atoms with van der Waals surface area (Å²) in [6, 6.07) is 8.98. The third kappa shape index (κ3) is 3.05. The Labute approximate surface area is 125 Å². The summed E-state index contributed by atoms with van der Waals surface area (Å²) in [5.41, 5.74) is -1.35. The van der Waals surface area contributed by atoms with E-state index in [0.717, 1.165) is 12.1 Å². The maximum atomic E-state index is 13.0. The van der Waals surface area contributed by atoms with Gasteiger partial charge in [0.2, 0.25) is 0 Å². The lowest BCUT2D eigenvalue weighted by molar-refractivity contribution is -0.137. The standard InChI is InChI=1S/C16H13F3O3/c1-21-10-7-8-12(14(9-10)22-2)15(20)11-5-3-4-6-13(11)16(17,18)19/h3-9H,1-2H3. The lowest BCUT2D eigenvalue weighted by Crippen LogP contribution is -2.14. The molecule has 0 spiro atoms. The monoisotopic (exact) mass is 310 g/mol. The lowest BCUT2D eigenvalue weighted by atomic mass is 9.97. The molecule has 2 aromatic carbocycles. The Kier molecular flexibility index (Phi) is 4.40. The zero-order chi connectivity index (χ0) is 16.3. The smallest absolute Gasteiger partial charge is 0.417 e. The van der Waals surface area contributed by atoms with Gasteiger partial charge in [-0.05, 0) is 18.2 Å². The van der Waals surface area contributed by atoms with Crippen LogP contribution in [0.1, 0.15) is 21.5 Å². The highest BCUT2D eigenvalue weighted by Gasteiger charge is 2.35. The Morgan fingerprint density at radius 3 is 2.23 bits per heavy atom. The van der Waals surface area contributed by atoms with Crippen LogP contribution in [0.25, 0.3) is 0 Å². The van der Waals surface area contributed by atoms with Crippen LogP contribution in [0.3, 0.4) is 0 Å². The molecule has 0 fully saturated rings. The molecule has 0 aliphatic heterocycles. The molecule has 0 heterocycles. The summed E-state index contributed by atoms with van der Waals surface area (Å²) >= 11 is 0. The van der Waals surface area contributed by atoms with E-state index in [1.807, 2.05) is 0 Å². The molecule has 0 aromatic heterocycles. The highest BCUT2D eigenvalue weighted by Crippen LogP contribution is 2.34. The quantitative estimate of drug-likeness (QED) is 0.802. The van der Waals surface area contributed by atoms with Gasteiger partial charge in [-0.1, -0.05) is 18.2 Å². The van der Waals surface area contributed by atoms with E-state index in [1.165, 1.54) is 44.6 Å². The Morgan fingerprint density at radius 2 is 1.64 bits per heavy atom. The molecule has 2 rings (SSSR count). The van der Waals surface area contributed by atoms with Crippen molar-refractivity contribution in [1.82, 2.24) is 0 Å². The topological polar surface area (TPSA) is 35.5 Å². The highest BCUT2D eigenvalue weighted by atomic mass is 19.4. The fraction of sp³-hybridized carbons (Fsp3) is 0.188. The second-order valence-electron chi connectivity index (χ2n) is 4.44. The number of ketones is 1. The van der Waals surface area contributed by atoms with Crippen molar-refractivity contribution >= 4 is 5.78 Å². The largest absolute Gasteiger partial charge is 0.497 e. The van der Waals surface area contributed by atoms with Crippen LogP contribution in [-0.2, 0) is 6.18 Å². The number of carbonyl (C=O) groups excluding carboxylic acids is 1. The van der Waals surface area contributed by atoms with E-state index >= 15 is 0 Å². The first-order valence-electron chi connectivity index (χ1n) is 6.31. The van der Waals surface area contributed by atoms with Gasteiger partial charge >= 0.3 is 6.18 Å². The molecule has 0 radical (unpaired) electrons. The van der Waals surface area contributed by atoms with Gasteiger partial charge in [-0.25, -0.2) is 0 Å². The van der Waals surface area contributed by atoms with Crippen molar-refractivity contribution in [2.45, 2.75) is 6.18 Å². The van der Waals surface area contributed by atoms with Crippen LogP contribution >= 0.6 is 0 Å². The predicted molar refractivity (Wildman–Crippen MR) is 74.4 cm³/mol. The maximum absolute atomic E-state index is 13.0. The van der Waals surface area contributed by atoms with Crippen LogP contribution in [0.4, 0.5) is 13.2 Å². The zero-order valence-electron chi connectivity index (χ0n) is 11.9. The van der Waals surface area contributed by atoms with Gasteiger partial charge < -0.3 is 9.47 Å². The molecule has 2 aromatic rings. The molecule has 0 saturated heterocycles. The van der Waals surface area contributed by atoms with Crippen LogP contribution in [0, 0.1) is 0 Å². The van der Waals surface area contributed by atoms with Crippen molar-refractivity contribution in [1.29, 1.82) is 0 Å². The molecule has 116 valence electrons. The van der Waals surface area contributed by atoms with Crippen molar-refractivity contribution in [3.63, 3.8) is 0 Å². The van der Waals surface area contributed by atoms with Gasteiger partial charge in [0.15, 0.2) is 5.78 Å². The van der Waals surface area contributed by atoms with E-state index in [4.69, 9.17) is 9.47 Å². The Hall–Kier alpha value is -2.50. The number of carbonyl (C=O) groups is 1. The van der Waals surface area contributed by atoms with Gasteiger partial charge in [0, 0.05) is 11.6 Å². The van der Waals surface area contributed by atoms with Gasteiger partial charge in [0.25, 0.3) is 0 Å². The summed E-state index contributed by atoms with van der Waals surface area (Å²) in [6.45, 7) is 0. The van der Waals surface area contributed by atoms with E-state index in [-0.39, 0.29) is 11.3 Å². The minimum absolute atomic E-state index is 0.0417. The van der Waals surface area contributed by atoms with Gasteiger partial charge in [-0.15, -0.1) is 0 Å². The first-order chi connectivity index (χ1) is 10.4. The van der Waals surface area contributed by atoms with Crippen molar-refractivity contribution < 1.29 is 27.4 Å². The number of rotatable bonds is 4. The third-order valence-corrected chi connectivity index (χ3v) is 3.13. The molecular weight excluding hydrogens is 297 g/mol. The van der Waals surface area contributed by atoms with Crippen LogP contribution in [0.2, 0.25) is 0 Å². The van der Waals surface area contributed by atoms with E-state index in [9.17, 15) is 18.0 Å². The first kappa shape index (κ1) is 15.9. The summed E-state index contributed by atoms with van der Waals surface area (Å²) in [4.78, 5) is 12.5. The lowest BCUT2D eigenvalue weighted by Gasteiger charge is -2.14. The number of benzene rings is 2. The third-order valence-electron chi connectivity index (χ3n) is 3.13. The van der Waals surface area contributed by atoms with Gasteiger partial charge in [-0.3, -0.25) is 4.79 Å². The molecule has 3 nitrogen and oxygen atoms in total. The Morgan fingerprint density at radius 1 is 0.955 bits per heavy atom. The fourth-order valence-corrected chi connectivity index (χ4v) is 2.06. The average Bonchev–Trinajstić information content (AvgIpc) is 2.52. The minimum Gasteiger partial charge on any atom is -0.497 e. The summed E-state index contributed by atoms with van der Waals surface area (Å²) in [7, 11) is 2.77. The molecule has 0 unspecified atom stereocenters. The molecule has 0 saturated carbocycles. The molecule has 0 aliphatic carbocycles. The second-order valence-corrected chi connectivity index (χ2v) is 4.44. The summed E-state index contributed by atoms with van der Waals surface area (Å²) in [5, 5.41) is 0. The normalized spacial score (nSPS) is 11.1. The number of methoxy groups -OCH3 is 2. The molecule has 0 bridgehead atoms. The van der Waals surface area contributed by atoms with Crippen molar-refractivity contribution in [2.75, 3.05) is 14.2 Å². The van der Waals surface area contributed by atoms with Crippen molar-refractivity contribution in [2.24, 2.45) is 0 Å². The fourth-order valence-electron chi connectivity index (χ4n) is 2.06. The summed E-state index contributed by atoms with van der Waals surface area (Å²) in [5.74, 6) is -0.161. The van der Waals surface area contributed by atoms with Crippen LogP contribution in [0.15, 0.2) is 42.5 Å². The SMILES string of the molecule is COc1ccc(C(=O)c2ccccc2C(F)(F)F)c(OC)c1. The van der Waals surface area contributed by atoms with Crippen molar-refractivity contribution in [3.05, 3.63) is 59.2 Å². The van der Waals surface area contributed by atoms with Gasteiger partial charge in [0.1, 0.15) is 11.5 Å². The number of alkyl halides is 3. The first-order valence-corrected chi connectivity index (χ1v) is 6.31. The second kappa shape index (κ2) is 6.09. The number of ether oxygens (including phenoxy) is 2. The van der Waals surface area contributed by atoms with Crippen molar-refractivity contribution in [3.8, 4) is 11.5 Å². The Bertz CT molecular complexity index is 693. The zero-order valence-corrected chi connectivity index (χ0v) is 11.9. The maximum Gasteiger partial charge on any atom is 0.417 e. The number of halogens is 3. The van der Waals surface area contributed by atoms with E-state index < -0.39 is 23.1 Å². The summed E-state index contributed by atoms with van der Waals surface area (Å²) < 4.78 is 49.1. The average molecular weight is 310 g/mol. The highest BCUT2D eigenvalue weighted by molar-refractivity contribution is 6.11. The van der Waals surface area contributed by atoms with Crippen LogP contribution < -0.4 is 9.47 Å². The molecular formula is C16H13F3O3. The molecule has 0 atom stereocenters.